The minimum Gasteiger partial charge on any atom is -0.478 e. The fourth-order valence-electron chi connectivity index (χ4n) is 2.18. The number of thiophene rings is 1. The summed E-state index contributed by atoms with van der Waals surface area (Å²) in [5, 5.41) is 12.3. The maximum atomic E-state index is 12.9. The lowest BCUT2D eigenvalue weighted by Crippen LogP contribution is -2.11. The number of hydrogen-bond acceptors (Lipinski definition) is 3. The first-order valence-electron chi connectivity index (χ1n) is 7.03. The standard InChI is InChI=1S/C18H12FNO3S/c19-13-3-1-11(2-4-13)18(23)20-14-5-7-16-12(9-14)10-15(24-16)6-8-17(21)22/h1-10H,(H,20,23)(H,21,22)/b8-6+. The van der Waals surface area contributed by atoms with E-state index >= 15 is 0 Å². The molecule has 24 heavy (non-hydrogen) atoms. The van der Waals surface area contributed by atoms with E-state index in [0.717, 1.165) is 21.0 Å². The van der Waals surface area contributed by atoms with Gasteiger partial charge in [0, 0.05) is 26.9 Å². The molecule has 2 N–H and O–H groups in total. The van der Waals surface area contributed by atoms with Crippen molar-refractivity contribution in [2.45, 2.75) is 0 Å². The molecule has 0 aliphatic carbocycles. The quantitative estimate of drug-likeness (QED) is 0.692. The van der Waals surface area contributed by atoms with Crippen molar-refractivity contribution in [3.63, 3.8) is 0 Å². The highest BCUT2D eigenvalue weighted by Crippen LogP contribution is 2.29. The van der Waals surface area contributed by atoms with Gasteiger partial charge in [0.15, 0.2) is 0 Å². The summed E-state index contributed by atoms with van der Waals surface area (Å²) in [4.78, 5) is 23.5. The summed E-state index contributed by atoms with van der Waals surface area (Å²) < 4.78 is 13.9. The summed E-state index contributed by atoms with van der Waals surface area (Å²) in [6, 6.07) is 12.6. The second-order valence-corrected chi connectivity index (χ2v) is 6.15. The van der Waals surface area contributed by atoms with Gasteiger partial charge in [-0.1, -0.05) is 0 Å². The van der Waals surface area contributed by atoms with Gasteiger partial charge in [-0.3, -0.25) is 4.79 Å². The number of carboxylic acid groups (broad SMARTS) is 1. The number of halogens is 1. The number of amides is 1. The number of benzene rings is 2. The Hall–Kier alpha value is -2.99. The third kappa shape index (κ3) is 3.67. The zero-order valence-electron chi connectivity index (χ0n) is 12.3. The zero-order valence-corrected chi connectivity index (χ0v) is 13.1. The van der Waals surface area contributed by atoms with Gasteiger partial charge >= 0.3 is 5.97 Å². The molecule has 0 bridgehead atoms. The van der Waals surface area contributed by atoms with Crippen LogP contribution in [0.25, 0.3) is 16.2 Å². The molecule has 0 fully saturated rings. The maximum absolute atomic E-state index is 12.9. The fraction of sp³-hybridized carbons (Fsp3) is 0. The van der Waals surface area contributed by atoms with E-state index in [4.69, 9.17) is 5.11 Å². The van der Waals surface area contributed by atoms with Crippen LogP contribution in [-0.2, 0) is 4.79 Å². The van der Waals surface area contributed by atoms with Gasteiger partial charge in [-0.25, -0.2) is 9.18 Å². The first-order chi connectivity index (χ1) is 11.5. The van der Waals surface area contributed by atoms with Gasteiger partial charge in [0.05, 0.1) is 0 Å². The van der Waals surface area contributed by atoms with Crippen LogP contribution in [0.2, 0.25) is 0 Å². The second kappa shape index (κ2) is 6.64. The van der Waals surface area contributed by atoms with E-state index in [-0.39, 0.29) is 5.91 Å². The van der Waals surface area contributed by atoms with E-state index in [0.29, 0.717) is 11.3 Å². The van der Waals surface area contributed by atoms with Crippen LogP contribution in [0.15, 0.2) is 54.6 Å². The molecule has 0 unspecified atom stereocenters. The van der Waals surface area contributed by atoms with Crippen LogP contribution in [-0.4, -0.2) is 17.0 Å². The third-order valence-corrected chi connectivity index (χ3v) is 4.37. The minimum atomic E-state index is -1.00. The van der Waals surface area contributed by atoms with Crippen LogP contribution < -0.4 is 5.32 Å². The lowest BCUT2D eigenvalue weighted by molar-refractivity contribution is -0.131. The van der Waals surface area contributed by atoms with Crippen molar-refractivity contribution in [1.82, 2.24) is 0 Å². The number of carbonyl (C=O) groups excluding carboxylic acids is 1. The summed E-state index contributed by atoms with van der Waals surface area (Å²) in [5.74, 6) is -1.72. The van der Waals surface area contributed by atoms with E-state index in [2.05, 4.69) is 5.32 Å². The zero-order chi connectivity index (χ0) is 17.1. The molecule has 3 rings (SSSR count). The lowest BCUT2D eigenvalue weighted by Gasteiger charge is -2.05. The maximum Gasteiger partial charge on any atom is 0.328 e. The molecule has 1 amide bonds. The van der Waals surface area contributed by atoms with Gasteiger partial charge in [0.2, 0.25) is 0 Å². The van der Waals surface area contributed by atoms with Crippen LogP contribution in [0.4, 0.5) is 10.1 Å². The molecule has 120 valence electrons. The predicted octanol–water partition coefficient (Wildman–Crippen LogP) is 4.39. The molecule has 0 saturated carbocycles. The molecule has 0 atom stereocenters. The smallest absolute Gasteiger partial charge is 0.328 e. The second-order valence-electron chi connectivity index (χ2n) is 5.03. The number of rotatable bonds is 4. The van der Waals surface area contributed by atoms with Gasteiger partial charge in [-0.2, -0.15) is 0 Å². The number of carbonyl (C=O) groups is 2. The molecule has 4 nitrogen and oxygen atoms in total. The summed E-state index contributed by atoms with van der Waals surface area (Å²) in [6.45, 7) is 0. The SMILES string of the molecule is O=C(O)/C=C/c1cc2cc(NC(=O)c3ccc(F)cc3)ccc2s1. The topological polar surface area (TPSA) is 66.4 Å². The van der Waals surface area contributed by atoms with E-state index in [1.807, 2.05) is 18.2 Å². The highest BCUT2D eigenvalue weighted by Gasteiger charge is 2.07. The Labute approximate surface area is 140 Å². The molecule has 1 heterocycles. The molecule has 0 saturated heterocycles. The first-order valence-corrected chi connectivity index (χ1v) is 7.84. The molecule has 0 aliphatic heterocycles. The predicted molar refractivity (Wildman–Crippen MR) is 92.8 cm³/mol. The lowest BCUT2D eigenvalue weighted by atomic mass is 10.2. The summed E-state index contributed by atoms with van der Waals surface area (Å²) in [7, 11) is 0. The summed E-state index contributed by atoms with van der Waals surface area (Å²) in [5.41, 5.74) is 0.982. The van der Waals surface area contributed by atoms with Crippen molar-refractivity contribution in [3.8, 4) is 0 Å². The Morgan fingerprint density at radius 3 is 2.54 bits per heavy atom. The molecule has 6 heteroatoms. The average Bonchev–Trinajstić information content (AvgIpc) is 2.95. The van der Waals surface area contributed by atoms with E-state index < -0.39 is 11.8 Å². The van der Waals surface area contributed by atoms with Gasteiger partial charge in [-0.05, 0) is 60.0 Å². The molecule has 0 spiro atoms. The first kappa shape index (κ1) is 15.9. The molecular weight excluding hydrogens is 329 g/mol. The van der Waals surface area contributed by atoms with Crippen LogP contribution >= 0.6 is 11.3 Å². The normalized spacial score (nSPS) is 11.0. The molecular formula is C18H12FNO3S. The number of fused-ring (bicyclic) bond motifs is 1. The van der Waals surface area contributed by atoms with Crippen molar-refractivity contribution in [2.75, 3.05) is 5.32 Å². The molecule has 3 aromatic rings. The van der Waals surface area contributed by atoms with E-state index in [1.165, 1.54) is 41.7 Å². The van der Waals surface area contributed by atoms with Crippen LogP contribution in [0, 0.1) is 5.82 Å². The van der Waals surface area contributed by atoms with Gasteiger partial charge < -0.3 is 10.4 Å². The minimum absolute atomic E-state index is 0.324. The van der Waals surface area contributed by atoms with Crippen molar-refractivity contribution in [3.05, 3.63) is 70.9 Å². The Kier molecular flexibility index (Phi) is 4.39. The molecule has 2 aromatic carbocycles. The number of nitrogens with one attached hydrogen (secondary N) is 1. The largest absolute Gasteiger partial charge is 0.478 e. The third-order valence-electron chi connectivity index (χ3n) is 3.29. The Morgan fingerprint density at radius 1 is 1.08 bits per heavy atom. The van der Waals surface area contributed by atoms with Crippen molar-refractivity contribution in [1.29, 1.82) is 0 Å². The number of carboxylic acids is 1. The summed E-state index contributed by atoms with van der Waals surface area (Å²) in [6.07, 6.45) is 2.62. The number of aliphatic carboxylic acids is 1. The Bertz CT molecular complexity index is 945. The van der Waals surface area contributed by atoms with Gasteiger partial charge in [0.25, 0.3) is 5.91 Å². The van der Waals surface area contributed by atoms with Crippen molar-refractivity contribution < 1.29 is 19.1 Å². The monoisotopic (exact) mass is 341 g/mol. The highest BCUT2D eigenvalue weighted by atomic mass is 32.1. The van der Waals surface area contributed by atoms with Crippen LogP contribution in [0.1, 0.15) is 15.2 Å². The number of anilines is 1. The van der Waals surface area contributed by atoms with E-state index in [9.17, 15) is 14.0 Å². The van der Waals surface area contributed by atoms with Crippen LogP contribution in [0.5, 0.6) is 0 Å². The van der Waals surface area contributed by atoms with Crippen molar-refractivity contribution in [2.24, 2.45) is 0 Å². The fourth-order valence-corrected chi connectivity index (χ4v) is 3.13. The Balaban J connectivity index is 1.81. The molecule has 0 aliphatic rings. The van der Waals surface area contributed by atoms with Crippen LogP contribution in [0.3, 0.4) is 0 Å². The number of hydrogen-bond donors (Lipinski definition) is 2. The van der Waals surface area contributed by atoms with Gasteiger partial charge in [-0.15, -0.1) is 11.3 Å². The van der Waals surface area contributed by atoms with Crippen molar-refractivity contribution >= 4 is 45.1 Å². The molecule has 1 aromatic heterocycles. The molecule has 0 radical (unpaired) electrons. The van der Waals surface area contributed by atoms with E-state index in [1.54, 1.807) is 6.07 Å². The Morgan fingerprint density at radius 2 is 1.83 bits per heavy atom. The summed E-state index contributed by atoms with van der Waals surface area (Å²) >= 11 is 1.46. The average molecular weight is 341 g/mol. The van der Waals surface area contributed by atoms with Gasteiger partial charge in [0.1, 0.15) is 5.82 Å². The highest BCUT2D eigenvalue weighted by molar-refractivity contribution is 7.19.